The molecule has 33 heavy (non-hydrogen) atoms. The smallest absolute Gasteiger partial charge is 0.338 e. The molecule has 1 aliphatic heterocycles. The summed E-state index contributed by atoms with van der Waals surface area (Å²) in [5.74, 6) is -1.69. The highest BCUT2D eigenvalue weighted by atomic mass is 32.2. The Bertz CT molecular complexity index is 1170. The SMILES string of the molecule is COC(=O)c1cc(C(=O)O)ccc1C1=CC(CCO)=CCN1C.O=S(=O)(O)c1ccccc1. The molecule has 0 bridgehead atoms. The Hall–Kier alpha value is -3.47. The lowest BCUT2D eigenvalue weighted by Gasteiger charge is -2.27. The van der Waals surface area contributed by atoms with Crippen molar-refractivity contribution >= 4 is 27.8 Å². The lowest BCUT2D eigenvalue weighted by atomic mass is 9.96. The van der Waals surface area contributed by atoms with Crippen LogP contribution in [0.25, 0.3) is 5.70 Å². The number of hydrogen-bond acceptors (Lipinski definition) is 7. The molecule has 1 heterocycles. The molecule has 0 aromatic heterocycles. The van der Waals surface area contributed by atoms with Crippen LogP contribution in [0.4, 0.5) is 0 Å². The molecule has 10 heteroatoms. The number of aromatic carboxylic acids is 1. The summed E-state index contributed by atoms with van der Waals surface area (Å²) in [5.41, 5.74) is 2.59. The predicted molar refractivity (Wildman–Crippen MR) is 121 cm³/mol. The van der Waals surface area contributed by atoms with Gasteiger partial charge in [-0.2, -0.15) is 8.42 Å². The number of likely N-dealkylation sites (N-methyl/N-ethyl adjacent to an activating group) is 1. The minimum Gasteiger partial charge on any atom is -0.478 e. The van der Waals surface area contributed by atoms with Gasteiger partial charge in [-0.1, -0.05) is 30.3 Å². The van der Waals surface area contributed by atoms with Crippen molar-refractivity contribution < 1.29 is 37.5 Å². The van der Waals surface area contributed by atoms with Crippen molar-refractivity contribution in [2.24, 2.45) is 0 Å². The Morgan fingerprint density at radius 1 is 1.12 bits per heavy atom. The van der Waals surface area contributed by atoms with Crippen LogP contribution in [0, 0.1) is 0 Å². The van der Waals surface area contributed by atoms with Gasteiger partial charge in [-0.05, 0) is 42.3 Å². The Balaban J connectivity index is 0.000000321. The zero-order chi connectivity index (χ0) is 24.6. The number of allylic oxidation sites excluding steroid dienone is 1. The van der Waals surface area contributed by atoms with Crippen LogP contribution in [0.2, 0.25) is 0 Å². The highest BCUT2D eigenvalue weighted by molar-refractivity contribution is 7.85. The minimum absolute atomic E-state index is 0.0272. The zero-order valence-corrected chi connectivity index (χ0v) is 18.9. The summed E-state index contributed by atoms with van der Waals surface area (Å²) in [6.45, 7) is 0.684. The Labute approximate surface area is 192 Å². The fraction of sp³-hybridized carbons (Fsp3) is 0.217. The summed E-state index contributed by atoms with van der Waals surface area (Å²) < 4.78 is 34.0. The molecule has 3 rings (SSSR count). The van der Waals surface area contributed by atoms with Crippen molar-refractivity contribution in [1.82, 2.24) is 4.90 Å². The first kappa shape index (κ1) is 25.8. The summed E-state index contributed by atoms with van der Waals surface area (Å²) in [6, 6.07) is 11.8. The number of nitrogens with zero attached hydrogens (tertiary/aromatic N) is 1. The maximum Gasteiger partial charge on any atom is 0.338 e. The highest BCUT2D eigenvalue weighted by Gasteiger charge is 2.21. The van der Waals surface area contributed by atoms with Crippen LogP contribution in [0.15, 0.2) is 71.2 Å². The molecule has 3 N–H and O–H groups in total. The summed E-state index contributed by atoms with van der Waals surface area (Å²) in [5, 5.41) is 18.2. The highest BCUT2D eigenvalue weighted by Crippen LogP contribution is 2.28. The fourth-order valence-electron chi connectivity index (χ4n) is 3.06. The van der Waals surface area contributed by atoms with Crippen LogP contribution in [0.3, 0.4) is 0 Å². The number of ether oxygens (including phenoxy) is 1. The fourth-order valence-corrected chi connectivity index (χ4v) is 3.56. The number of carbonyl (C=O) groups excluding carboxylic acids is 1. The molecule has 0 atom stereocenters. The van der Waals surface area contributed by atoms with Gasteiger partial charge in [-0.15, -0.1) is 0 Å². The van der Waals surface area contributed by atoms with E-state index in [0.29, 0.717) is 18.5 Å². The molecule has 0 aliphatic carbocycles. The average molecular weight is 476 g/mol. The number of carboxylic acids is 1. The molecule has 2 aromatic rings. The number of aliphatic hydroxyl groups is 1. The van der Waals surface area contributed by atoms with E-state index < -0.39 is 22.1 Å². The summed E-state index contributed by atoms with van der Waals surface area (Å²) in [7, 11) is -0.864. The third-order valence-corrected chi connectivity index (χ3v) is 5.62. The summed E-state index contributed by atoms with van der Waals surface area (Å²) >= 11 is 0. The van der Waals surface area contributed by atoms with Gasteiger partial charge >= 0.3 is 11.9 Å². The zero-order valence-electron chi connectivity index (χ0n) is 18.1. The van der Waals surface area contributed by atoms with Crippen molar-refractivity contribution in [3.8, 4) is 0 Å². The van der Waals surface area contributed by atoms with E-state index in [9.17, 15) is 18.0 Å². The molecule has 0 amide bonds. The van der Waals surface area contributed by atoms with Crippen molar-refractivity contribution in [3.05, 3.63) is 82.9 Å². The molecule has 0 saturated carbocycles. The number of hydrogen-bond donors (Lipinski definition) is 3. The second kappa shape index (κ2) is 11.4. The molecule has 9 nitrogen and oxygen atoms in total. The molecule has 0 radical (unpaired) electrons. The number of carboxylic acid groups (broad SMARTS) is 1. The molecular formula is C23H25NO8S. The number of rotatable bonds is 6. The van der Waals surface area contributed by atoms with E-state index in [0.717, 1.165) is 11.3 Å². The monoisotopic (exact) mass is 475 g/mol. The van der Waals surface area contributed by atoms with E-state index in [4.69, 9.17) is 19.5 Å². The summed E-state index contributed by atoms with van der Waals surface area (Å²) in [6.07, 6.45) is 4.42. The van der Waals surface area contributed by atoms with Gasteiger partial charge in [0.1, 0.15) is 0 Å². The van der Waals surface area contributed by atoms with E-state index in [1.807, 2.05) is 24.1 Å². The van der Waals surface area contributed by atoms with Gasteiger partial charge in [0.2, 0.25) is 0 Å². The first-order valence-corrected chi connectivity index (χ1v) is 11.2. The molecule has 0 unspecified atom stereocenters. The number of benzene rings is 2. The van der Waals surface area contributed by atoms with Gasteiger partial charge in [0.25, 0.3) is 10.1 Å². The first-order valence-electron chi connectivity index (χ1n) is 9.79. The summed E-state index contributed by atoms with van der Waals surface area (Å²) in [4.78, 5) is 25.1. The van der Waals surface area contributed by atoms with E-state index in [-0.39, 0.29) is 22.6 Å². The van der Waals surface area contributed by atoms with E-state index >= 15 is 0 Å². The predicted octanol–water partition coefficient (Wildman–Crippen LogP) is 2.70. The van der Waals surface area contributed by atoms with Crippen LogP contribution in [0.1, 0.15) is 32.7 Å². The normalized spacial score (nSPS) is 13.3. The number of aliphatic hydroxyl groups excluding tert-OH is 1. The molecule has 0 spiro atoms. The van der Waals surface area contributed by atoms with Crippen molar-refractivity contribution in [2.75, 3.05) is 27.3 Å². The standard InChI is InChI=1S/C17H19NO5.C6H6O3S/c1-18-7-5-11(6-8-19)9-15(18)13-4-3-12(16(20)21)10-14(13)17(22)23-2;7-10(8,9)6-4-2-1-3-5-6/h3-5,9-10,19H,6-8H2,1-2H3,(H,20,21);1-5H,(H,7,8,9). The number of methoxy groups -OCH3 is 1. The van der Waals surface area contributed by atoms with E-state index in [2.05, 4.69) is 0 Å². The lowest BCUT2D eigenvalue weighted by molar-refractivity contribution is 0.0600. The quantitative estimate of drug-likeness (QED) is 0.425. The number of esters is 1. The van der Waals surface area contributed by atoms with Crippen LogP contribution in [0.5, 0.6) is 0 Å². The third kappa shape index (κ3) is 7.01. The van der Waals surface area contributed by atoms with Gasteiger partial charge in [0, 0.05) is 31.5 Å². The maximum absolute atomic E-state index is 12.1. The first-order chi connectivity index (χ1) is 15.6. The van der Waals surface area contributed by atoms with Crippen molar-refractivity contribution in [2.45, 2.75) is 11.3 Å². The third-order valence-electron chi connectivity index (χ3n) is 4.75. The topological polar surface area (TPSA) is 141 Å². The molecule has 2 aromatic carbocycles. The van der Waals surface area contributed by atoms with E-state index in [1.165, 1.54) is 31.4 Å². The molecular weight excluding hydrogens is 450 g/mol. The maximum atomic E-state index is 12.1. The molecule has 1 aliphatic rings. The molecule has 0 saturated heterocycles. The second-order valence-corrected chi connectivity index (χ2v) is 8.43. The van der Waals surface area contributed by atoms with Crippen LogP contribution in [-0.4, -0.2) is 67.3 Å². The second-order valence-electron chi connectivity index (χ2n) is 7.01. The van der Waals surface area contributed by atoms with Gasteiger partial charge in [0.05, 0.1) is 23.1 Å². The van der Waals surface area contributed by atoms with Crippen molar-refractivity contribution in [1.29, 1.82) is 0 Å². The van der Waals surface area contributed by atoms with Gasteiger partial charge in [-0.25, -0.2) is 9.59 Å². The van der Waals surface area contributed by atoms with E-state index in [1.54, 1.807) is 24.3 Å². The number of carbonyl (C=O) groups is 2. The van der Waals surface area contributed by atoms with Gasteiger partial charge in [-0.3, -0.25) is 4.55 Å². The van der Waals surface area contributed by atoms with Crippen LogP contribution < -0.4 is 0 Å². The molecule has 0 fully saturated rings. The minimum atomic E-state index is -4.00. The van der Waals surface area contributed by atoms with Crippen LogP contribution >= 0.6 is 0 Å². The van der Waals surface area contributed by atoms with Gasteiger partial charge in [0.15, 0.2) is 0 Å². The Morgan fingerprint density at radius 2 is 1.79 bits per heavy atom. The van der Waals surface area contributed by atoms with Crippen molar-refractivity contribution in [3.63, 3.8) is 0 Å². The lowest BCUT2D eigenvalue weighted by Crippen LogP contribution is -2.22. The Morgan fingerprint density at radius 3 is 2.30 bits per heavy atom. The largest absolute Gasteiger partial charge is 0.478 e. The average Bonchev–Trinajstić information content (AvgIpc) is 2.80. The van der Waals surface area contributed by atoms with Crippen LogP contribution in [-0.2, 0) is 14.9 Å². The Kier molecular flexibility index (Phi) is 8.92. The molecule has 176 valence electrons. The van der Waals surface area contributed by atoms with Gasteiger partial charge < -0.3 is 19.8 Å².